The first-order chi connectivity index (χ1) is 7.65. The van der Waals surface area contributed by atoms with Gasteiger partial charge in [0.05, 0.1) is 12.4 Å². The fourth-order valence-corrected chi connectivity index (χ4v) is 1.45. The van der Waals surface area contributed by atoms with Crippen molar-refractivity contribution in [2.45, 2.75) is 26.9 Å². The number of aromatic nitrogens is 1. The quantitative estimate of drug-likeness (QED) is 0.793. The minimum atomic E-state index is -0.209. The standard InChI is InChI=1S/C13H16FNO/c1-3-11(4-10(2)14)5-12-6-13(9-16)8-15-7-12/h3-4,6-8,16H,5,9H2,1-2H3/b10-4+,11-3+. The maximum atomic E-state index is 12.8. The van der Waals surface area contributed by atoms with Crippen molar-refractivity contribution >= 4 is 0 Å². The molecule has 3 heteroatoms. The summed E-state index contributed by atoms with van der Waals surface area (Å²) in [6, 6.07) is 1.87. The van der Waals surface area contributed by atoms with Gasteiger partial charge in [0, 0.05) is 12.4 Å². The minimum absolute atomic E-state index is 0.0238. The number of aliphatic hydroxyl groups is 1. The molecule has 1 heterocycles. The van der Waals surface area contributed by atoms with E-state index >= 15 is 0 Å². The lowest BCUT2D eigenvalue weighted by Gasteiger charge is -2.04. The van der Waals surface area contributed by atoms with Crippen LogP contribution in [0.3, 0.4) is 0 Å². The third-order valence-electron chi connectivity index (χ3n) is 2.20. The molecule has 0 aliphatic carbocycles. The third kappa shape index (κ3) is 3.95. The number of aliphatic hydroxyl groups excluding tert-OH is 1. The van der Waals surface area contributed by atoms with Crippen molar-refractivity contribution in [2.75, 3.05) is 0 Å². The van der Waals surface area contributed by atoms with Crippen LogP contribution in [0.2, 0.25) is 0 Å². The van der Waals surface area contributed by atoms with Gasteiger partial charge in [-0.2, -0.15) is 0 Å². The summed E-state index contributed by atoms with van der Waals surface area (Å²) in [6.45, 7) is 3.27. The van der Waals surface area contributed by atoms with Crippen LogP contribution in [0.4, 0.5) is 4.39 Å². The molecule has 0 aliphatic heterocycles. The molecule has 0 atom stereocenters. The van der Waals surface area contributed by atoms with Crippen molar-refractivity contribution in [3.63, 3.8) is 0 Å². The average Bonchev–Trinajstić information content (AvgIpc) is 2.28. The number of pyridine rings is 1. The average molecular weight is 221 g/mol. The Bertz CT molecular complexity index is 406. The van der Waals surface area contributed by atoms with Crippen LogP contribution in [0.15, 0.2) is 42.0 Å². The van der Waals surface area contributed by atoms with Gasteiger partial charge in [-0.25, -0.2) is 4.39 Å². The second kappa shape index (κ2) is 6.18. The molecule has 0 fully saturated rings. The number of hydrogen-bond acceptors (Lipinski definition) is 2. The summed E-state index contributed by atoms with van der Waals surface area (Å²) >= 11 is 0. The van der Waals surface area contributed by atoms with Gasteiger partial charge in [0.25, 0.3) is 0 Å². The lowest BCUT2D eigenvalue weighted by Crippen LogP contribution is -1.93. The van der Waals surface area contributed by atoms with E-state index in [0.717, 1.165) is 16.7 Å². The molecule has 0 aliphatic rings. The van der Waals surface area contributed by atoms with Crippen molar-refractivity contribution in [2.24, 2.45) is 0 Å². The molecule has 1 aromatic rings. The highest BCUT2D eigenvalue weighted by atomic mass is 19.1. The third-order valence-corrected chi connectivity index (χ3v) is 2.20. The van der Waals surface area contributed by atoms with Gasteiger partial charge in [0.15, 0.2) is 0 Å². The Balaban J connectivity index is 2.82. The summed E-state index contributed by atoms with van der Waals surface area (Å²) < 4.78 is 12.8. The lowest BCUT2D eigenvalue weighted by atomic mass is 10.0. The lowest BCUT2D eigenvalue weighted by molar-refractivity contribution is 0.281. The first-order valence-corrected chi connectivity index (χ1v) is 5.18. The molecule has 1 rings (SSSR count). The fourth-order valence-electron chi connectivity index (χ4n) is 1.45. The highest BCUT2D eigenvalue weighted by Crippen LogP contribution is 2.12. The smallest absolute Gasteiger partial charge is 0.0971 e. The Morgan fingerprint density at radius 3 is 2.69 bits per heavy atom. The Labute approximate surface area is 95.2 Å². The van der Waals surface area contributed by atoms with Crippen molar-refractivity contribution in [1.82, 2.24) is 4.98 Å². The minimum Gasteiger partial charge on any atom is -0.392 e. The van der Waals surface area contributed by atoms with Crippen LogP contribution in [0, 0.1) is 0 Å². The molecule has 0 bridgehead atoms. The molecule has 1 N–H and O–H groups in total. The first kappa shape index (κ1) is 12.6. The van der Waals surface area contributed by atoms with E-state index in [2.05, 4.69) is 4.98 Å². The van der Waals surface area contributed by atoms with Crippen LogP contribution in [0.25, 0.3) is 0 Å². The molecular weight excluding hydrogens is 205 g/mol. The van der Waals surface area contributed by atoms with E-state index < -0.39 is 0 Å². The highest BCUT2D eigenvalue weighted by Gasteiger charge is 1.99. The van der Waals surface area contributed by atoms with Crippen LogP contribution in [-0.4, -0.2) is 10.1 Å². The number of halogens is 1. The fraction of sp³-hybridized carbons (Fsp3) is 0.308. The summed E-state index contributed by atoms with van der Waals surface area (Å²) in [4.78, 5) is 4.02. The Kier molecular flexibility index (Phi) is 4.86. The molecule has 0 unspecified atom stereocenters. The van der Waals surface area contributed by atoms with E-state index in [9.17, 15) is 4.39 Å². The van der Waals surface area contributed by atoms with Crippen LogP contribution < -0.4 is 0 Å². The van der Waals surface area contributed by atoms with Crippen molar-refractivity contribution < 1.29 is 9.50 Å². The Morgan fingerprint density at radius 1 is 1.44 bits per heavy atom. The summed E-state index contributed by atoms with van der Waals surface area (Å²) in [7, 11) is 0. The van der Waals surface area contributed by atoms with Crippen LogP contribution >= 0.6 is 0 Å². The zero-order valence-electron chi connectivity index (χ0n) is 9.57. The summed E-state index contributed by atoms with van der Waals surface area (Å²) in [5.74, 6) is -0.209. The summed E-state index contributed by atoms with van der Waals surface area (Å²) in [6.07, 6.45) is 7.35. The summed E-state index contributed by atoms with van der Waals surface area (Å²) in [5.41, 5.74) is 2.64. The van der Waals surface area contributed by atoms with Crippen molar-refractivity contribution in [3.05, 3.63) is 53.1 Å². The van der Waals surface area contributed by atoms with Gasteiger partial charge in [0.2, 0.25) is 0 Å². The maximum Gasteiger partial charge on any atom is 0.0971 e. The van der Waals surface area contributed by atoms with E-state index in [1.54, 1.807) is 12.4 Å². The molecule has 0 radical (unpaired) electrons. The Morgan fingerprint density at radius 2 is 2.12 bits per heavy atom. The molecule has 1 aromatic heterocycles. The maximum absolute atomic E-state index is 12.8. The van der Waals surface area contributed by atoms with Crippen LogP contribution in [-0.2, 0) is 13.0 Å². The molecule has 0 amide bonds. The van der Waals surface area contributed by atoms with Crippen LogP contribution in [0.1, 0.15) is 25.0 Å². The van der Waals surface area contributed by atoms with Crippen molar-refractivity contribution in [3.8, 4) is 0 Å². The molecule has 86 valence electrons. The summed E-state index contributed by atoms with van der Waals surface area (Å²) in [5, 5.41) is 8.97. The molecule has 0 spiro atoms. The van der Waals surface area contributed by atoms with E-state index in [4.69, 9.17) is 5.11 Å². The number of nitrogens with zero attached hydrogens (tertiary/aromatic N) is 1. The number of allylic oxidation sites excluding steroid dienone is 4. The predicted octanol–water partition coefficient (Wildman–Crippen LogP) is 2.94. The second-order valence-electron chi connectivity index (χ2n) is 3.63. The van der Waals surface area contributed by atoms with Gasteiger partial charge in [-0.3, -0.25) is 4.98 Å². The molecule has 0 saturated heterocycles. The van der Waals surface area contributed by atoms with Crippen molar-refractivity contribution in [1.29, 1.82) is 0 Å². The molecule has 0 saturated carbocycles. The molecule has 2 nitrogen and oxygen atoms in total. The largest absolute Gasteiger partial charge is 0.392 e. The SMILES string of the molecule is C/C=C(\C=C(/C)F)Cc1cncc(CO)c1. The predicted molar refractivity (Wildman–Crippen MR) is 62.5 cm³/mol. The van der Waals surface area contributed by atoms with Gasteiger partial charge in [-0.1, -0.05) is 12.1 Å². The van der Waals surface area contributed by atoms with E-state index in [1.165, 1.54) is 13.0 Å². The second-order valence-corrected chi connectivity index (χ2v) is 3.63. The Hall–Kier alpha value is -1.48. The van der Waals surface area contributed by atoms with E-state index in [-0.39, 0.29) is 12.4 Å². The molecule has 0 aromatic carbocycles. The molecule has 16 heavy (non-hydrogen) atoms. The van der Waals surface area contributed by atoms with Gasteiger partial charge in [0.1, 0.15) is 0 Å². The normalized spacial score (nSPS) is 13.0. The zero-order valence-corrected chi connectivity index (χ0v) is 9.57. The molecular formula is C13H16FNO. The van der Waals surface area contributed by atoms with Gasteiger partial charge < -0.3 is 5.11 Å². The zero-order chi connectivity index (χ0) is 12.0. The van der Waals surface area contributed by atoms with Gasteiger partial charge >= 0.3 is 0 Å². The van der Waals surface area contributed by atoms with Gasteiger partial charge in [-0.05, 0) is 43.0 Å². The topological polar surface area (TPSA) is 33.1 Å². The number of rotatable bonds is 4. The first-order valence-electron chi connectivity index (χ1n) is 5.18. The van der Waals surface area contributed by atoms with E-state index in [1.807, 2.05) is 19.1 Å². The monoisotopic (exact) mass is 221 g/mol. The number of hydrogen-bond donors (Lipinski definition) is 1. The van der Waals surface area contributed by atoms with E-state index in [0.29, 0.717) is 6.42 Å². The van der Waals surface area contributed by atoms with Gasteiger partial charge in [-0.15, -0.1) is 0 Å². The van der Waals surface area contributed by atoms with Crippen LogP contribution in [0.5, 0.6) is 0 Å². The highest BCUT2D eigenvalue weighted by molar-refractivity contribution is 5.29.